The first-order valence-electron chi connectivity index (χ1n) is 8.84. The summed E-state index contributed by atoms with van der Waals surface area (Å²) in [7, 11) is -9.35. The minimum atomic E-state index is -2.55. The van der Waals surface area contributed by atoms with Crippen LogP contribution < -0.4 is 0 Å². The van der Waals surface area contributed by atoms with Crippen molar-refractivity contribution >= 4 is 34.4 Å². The molecule has 5 nitrogen and oxygen atoms in total. The van der Waals surface area contributed by atoms with Gasteiger partial charge in [0.05, 0.1) is 0 Å². The van der Waals surface area contributed by atoms with Crippen LogP contribution in [-0.4, -0.2) is 51.1 Å². The molecular formula is C14H35NO4Si4. The fourth-order valence-electron chi connectivity index (χ4n) is 4.51. The summed E-state index contributed by atoms with van der Waals surface area (Å²) in [6.07, 6.45) is 3.72. The molecule has 2 atom stereocenters. The van der Waals surface area contributed by atoms with Crippen molar-refractivity contribution in [3.63, 3.8) is 0 Å². The highest BCUT2D eigenvalue weighted by Crippen LogP contribution is 2.36. The smallest absolute Gasteiger partial charge is 0.407 e. The molecule has 2 fully saturated rings. The van der Waals surface area contributed by atoms with Gasteiger partial charge in [0.1, 0.15) is 0 Å². The summed E-state index contributed by atoms with van der Waals surface area (Å²) in [6, 6.07) is 0.990. The minimum absolute atomic E-state index is 0.495. The largest absolute Gasteiger partial charge is 0.416 e. The first kappa shape index (κ1) is 20.0. The standard InChI is InChI=1S/C14H35NO4Si4/c1-13-11-10-12-14(2)15(13)23(9)18-21(5,6)16-20(3,4)17-22(7,8)19-23/h13-14H,10-12H2,1-9H3. The van der Waals surface area contributed by atoms with E-state index in [1.165, 1.54) is 19.3 Å². The van der Waals surface area contributed by atoms with Gasteiger partial charge in [0.2, 0.25) is 0 Å². The molecule has 2 aliphatic heterocycles. The summed E-state index contributed by atoms with van der Waals surface area (Å²) in [5.74, 6) is 0. The van der Waals surface area contributed by atoms with Crippen LogP contribution >= 0.6 is 0 Å². The molecule has 0 saturated carbocycles. The Morgan fingerprint density at radius 3 is 1.39 bits per heavy atom. The maximum Gasteiger partial charge on any atom is 0.407 e. The van der Waals surface area contributed by atoms with E-state index in [4.69, 9.17) is 16.5 Å². The molecule has 0 radical (unpaired) electrons. The molecular weight excluding hydrogens is 359 g/mol. The Balaban J connectivity index is 2.38. The summed E-state index contributed by atoms with van der Waals surface area (Å²) in [5.41, 5.74) is 0. The van der Waals surface area contributed by atoms with Gasteiger partial charge < -0.3 is 16.5 Å². The first-order chi connectivity index (χ1) is 10.3. The molecule has 0 aliphatic carbocycles. The Hall–Kier alpha value is 0.668. The lowest BCUT2D eigenvalue weighted by atomic mass is 10.0. The summed E-state index contributed by atoms with van der Waals surface area (Å²) in [5, 5.41) is 0. The van der Waals surface area contributed by atoms with Crippen LogP contribution in [0, 0.1) is 0 Å². The zero-order valence-electron chi connectivity index (χ0n) is 16.4. The lowest BCUT2D eigenvalue weighted by Crippen LogP contribution is -2.73. The summed E-state index contributed by atoms with van der Waals surface area (Å²) < 4.78 is 29.0. The van der Waals surface area contributed by atoms with Gasteiger partial charge in [-0.2, -0.15) is 0 Å². The average Bonchev–Trinajstić information content (AvgIpc) is 2.20. The van der Waals surface area contributed by atoms with E-state index >= 15 is 0 Å². The zero-order valence-corrected chi connectivity index (χ0v) is 20.4. The minimum Gasteiger partial charge on any atom is -0.416 e. The monoisotopic (exact) mass is 393 g/mol. The maximum absolute atomic E-state index is 6.77. The van der Waals surface area contributed by atoms with Crippen molar-refractivity contribution in [2.45, 2.75) is 91.0 Å². The van der Waals surface area contributed by atoms with Crippen LogP contribution in [0.5, 0.6) is 0 Å². The van der Waals surface area contributed by atoms with Crippen molar-refractivity contribution in [3.8, 4) is 0 Å². The number of piperidine rings is 1. The first-order valence-corrected chi connectivity index (χ1v) is 19.6. The number of nitrogens with zero attached hydrogens (tertiary/aromatic N) is 1. The fraction of sp³-hybridized carbons (Fsp3) is 1.00. The van der Waals surface area contributed by atoms with Crippen molar-refractivity contribution in [1.82, 2.24) is 4.57 Å². The van der Waals surface area contributed by atoms with E-state index < -0.39 is 34.4 Å². The van der Waals surface area contributed by atoms with Crippen molar-refractivity contribution in [2.75, 3.05) is 0 Å². The Morgan fingerprint density at radius 2 is 1.00 bits per heavy atom. The van der Waals surface area contributed by atoms with Gasteiger partial charge in [-0.05, 0) is 72.5 Å². The van der Waals surface area contributed by atoms with Crippen molar-refractivity contribution in [2.24, 2.45) is 0 Å². The molecule has 2 saturated heterocycles. The van der Waals surface area contributed by atoms with E-state index in [2.05, 4.69) is 64.2 Å². The molecule has 0 aromatic carbocycles. The van der Waals surface area contributed by atoms with E-state index in [9.17, 15) is 0 Å². The Bertz CT molecular complexity index is 414. The predicted octanol–water partition coefficient (Wildman–Crippen LogP) is 4.00. The summed E-state index contributed by atoms with van der Waals surface area (Å²) >= 11 is 0. The molecule has 2 aliphatic rings. The molecule has 2 unspecified atom stereocenters. The van der Waals surface area contributed by atoms with Crippen LogP contribution in [0.1, 0.15) is 33.1 Å². The maximum atomic E-state index is 6.77. The van der Waals surface area contributed by atoms with Gasteiger partial charge in [0, 0.05) is 12.1 Å². The predicted molar refractivity (Wildman–Crippen MR) is 103 cm³/mol. The van der Waals surface area contributed by atoms with Crippen molar-refractivity contribution in [1.29, 1.82) is 0 Å². The normalized spacial score (nSPS) is 36.9. The topological polar surface area (TPSA) is 40.2 Å². The lowest BCUT2D eigenvalue weighted by Gasteiger charge is -2.54. The summed E-state index contributed by atoms with van der Waals surface area (Å²) in [6.45, 7) is 19.6. The third-order valence-corrected chi connectivity index (χ3v) is 21.2. The van der Waals surface area contributed by atoms with Crippen LogP contribution in [0.2, 0.25) is 45.8 Å². The molecule has 23 heavy (non-hydrogen) atoms. The van der Waals surface area contributed by atoms with E-state index in [-0.39, 0.29) is 0 Å². The molecule has 0 N–H and O–H groups in total. The highest BCUT2D eigenvalue weighted by Gasteiger charge is 2.57. The molecule has 136 valence electrons. The SMILES string of the molecule is CC1CCCC(C)N1[Si]1(C)O[Si](C)(C)O[Si](C)(C)O[Si](C)(C)O1. The second-order valence-electron chi connectivity index (χ2n) is 8.54. The molecule has 2 rings (SSSR count). The second kappa shape index (κ2) is 6.43. The second-order valence-corrected chi connectivity index (χ2v) is 22.5. The van der Waals surface area contributed by atoms with Crippen molar-refractivity contribution < 1.29 is 16.5 Å². The molecule has 2 heterocycles. The van der Waals surface area contributed by atoms with E-state index in [1.807, 2.05) is 0 Å². The third-order valence-electron chi connectivity index (χ3n) is 4.52. The number of hydrogen-bond donors (Lipinski definition) is 0. The molecule has 0 aromatic heterocycles. The Labute approximate surface area is 146 Å². The van der Waals surface area contributed by atoms with Crippen LogP contribution in [0.15, 0.2) is 0 Å². The van der Waals surface area contributed by atoms with Crippen LogP contribution in [0.3, 0.4) is 0 Å². The molecule has 0 spiro atoms. The fourth-order valence-corrected chi connectivity index (χ4v) is 26.1. The van der Waals surface area contributed by atoms with Crippen LogP contribution in [-0.2, 0) is 16.5 Å². The Morgan fingerprint density at radius 1 is 0.652 bits per heavy atom. The molecule has 0 amide bonds. The summed E-state index contributed by atoms with van der Waals surface area (Å²) in [4.78, 5) is 0. The van der Waals surface area contributed by atoms with Gasteiger partial charge in [-0.25, -0.2) is 0 Å². The van der Waals surface area contributed by atoms with Gasteiger partial charge >= 0.3 is 34.4 Å². The van der Waals surface area contributed by atoms with Gasteiger partial charge in [-0.1, -0.05) is 6.42 Å². The van der Waals surface area contributed by atoms with Crippen molar-refractivity contribution in [3.05, 3.63) is 0 Å². The zero-order chi connectivity index (χ0) is 17.7. The van der Waals surface area contributed by atoms with E-state index in [0.717, 1.165) is 0 Å². The highest BCUT2D eigenvalue weighted by atomic mass is 28.5. The van der Waals surface area contributed by atoms with Gasteiger partial charge in [-0.3, -0.25) is 4.57 Å². The van der Waals surface area contributed by atoms with Crippen LogP contribution in [0.4, 0.5) is 0 Å². The molecule has 0 bridgehead atoms. The number of rotatable bonds is 1. The van der Waals surface area contributed by atoms with Crippen LogP contribution in [0.25, 0.3) is 0 Å². The highest BCUT2D eigenvalue weighted by molar-refractivity contribution is 6.92. The quantitative estimate of drug-likeness (QED) is 0.630. The van der Waals surface area contributed by atoms with Gasteiger partial charge in [0.25, 0.3) is 0 Å². The lowest BCUT2D eigenvalue weighted by molar-refractivity contribution is 0.110. The Kier molecular flexibility index (Phi) is 5.59. The van der Waals surface area contributed by atoms with Gasteiger partial charge in [0.15, 0.2) is 0 Å². The number of hydrogen-bond acceptors (Lipinski definition) is 5. The molecule has 0 aromatic rings. The third kappa shape index (κ3) is 4.85. The van der Waals surface area contributed by atoms with E-state index in [1.54, 1.807) is 0 Å². The molecule has 9 heteroatoms. The van der Waals surface area contributed by atoms with Gasteiger partial charge in [-0.15, -0.1) is 0 Å². The average molecular weight is 394 g/mol. The van der Waals surface area contributed by atoms with E-state index in [0.29, 0.717) is 12.1 Å².